The Morgan fingerprint density at radius 3 is 2.46 bits per heavy atom. The average molecular weight is 573 g/mol. The van der Waals surface area contributed by atoms with E-state index in [4.69, 9.17) is 27.9 Å². The molecule has 37 heavy (non-hydrogen) atoms. The number of halogens is 2. The van der Waals surface area contributed by atoms with E-state index in [1.807, 2.05) is 0 Å². The molecule has 0 saturated carbocycles. The van der Waals surface area contributed by atoms with Gasteiger partial charge in [-0.2, -0.15) is 0 Å². The highest BCUT2D eigenvalue weighted by Gasteiger charge is 2.48. The summed E-state index contributed by atoms with van der Waals surface area (Å²) in [5.74, 6) is -2.12. The SMILES string of the molecule is C=C(/C=C\C(Cl)=C/C)[C@@H]1[C@@H](c2cccc(Cl)c2)O[C@H](CC(=O)O)C(=O)N1[C@@H](CC)CS(=O)(=O)C(C)(C)C. The number of amides is 1. The molecule has 1 fully saturated rings. The molecular formula is C27H35Cl2NO6S. The van der Waals surface area contributed by atoms with Crippen molar-refractivity contribution >= 4 is 44.9 Å². The standard InChI is InChI=1S/C27H35Cl2NO6S/c1-7-19(28)13-12-17(3)24-25(18-10-9-11-20(29)14-18)36-22(15-23(31)32)26(33)30(24)21(8-2)16-37(34,35)27(4,5)6/h7,9-14,21-22,24-25H,3,8,15-16H2,1-2,4-6H3,(H,31,32)/b13-12-,19-7+/t21-,22+,24+,25+/m0/s1. The molecular weight excluding hydrogens is 537 g/mol. The van der Waals surface area contributed by atoms with E-state index in [0.717, 1.165) is 0 Å². The third kappa shape index (κ3) is 7.69. The average Bonchev–Trinajstić information content (AvgIpc) is 2.80. The van der Waals surface area contributed by atoms with Crippen molar-refractivity contribution in [3.8, 4) is 0 Å². The summed E-state index contributed by atoms with van der Waals surface area (Å²) in [7, 11) is -3.64. The Bertz CT molecular complexity index is 1190. The molecule has 0 radical (unpaired) electrons. The van der Waals surface area contributed by atoms with E-state index >= 15 is 0 Å². The minimum atomic E-state index is -3.64. The molecule has 0 unspecified atom stereocenters. The van der Waals surface area contributed by atoms with Gasteiger partial charge in [0, 0.05) is 16.1 Å². The summed E-state index contributed by atoms with van der Waals surface area (Å²) >= 11 is 12.4. The molecule has 1 aliphatic rings. The molecule has 7 nitrogen and oxygen atoms in total. The van der Waals surface area contributed by atoms with Crippen LogP contribution >= 0.6 is 23.2 Å². The summed E-state index contributed by atoms with van der Waals surface area (Å²) in [5, 5.41) is 10.4. The second-order valence-electron chi connectivity index (χ2n) is 9.93. The van der Waals surface area contributed by atoms with Gasteiger partial charge in [-0.15, -0.1) is 0 Å². The van der Waals surface area contributed by atoms with Gasteiger partial charge in [0.2, 0.25) is 0 Å². The van der Waals surface area contributed by atoms with Gasteiger partial charge in [-0.05, 0) is 63.5 Å². The maximum Gasteiger partial charge on any atom is 0.306 e. The van der Waals surface area contributed by atoms with Crippen LogP contribution in [0.2, 0.25) is 5.02 Å². The third-order valence-electron chi connectivity index (χ3n) is 6.29. The number of allylic oxidation sites excluding steroid dienone is 3. The Morgan fingerprint density at radius 1 is 1.30 bits per heavy atom. The molecule has 1 aliphatic heterocycles. The Hall–Kier alpha value is -2.13. The van der Waals surface area contributed by atoms with Crippen LogP contribution in [0.5, 0.6) is 0 Å². The van der Waals surface area contributed by atoms with Crippen molar-refractivity contribution in [2.45, 2.75) is 76.5 Å². The highest BCUT2D eigenvalue weighted by Crippen LogP contribution is 2.39. The van der Waals surface area contributed by atoms with E-state index in [1.165, 1.54) is 4.90 Å². The van der Waals surface area contributed by atoms with Crippen LogP contribution in [0.1, 0.15) is 59.1 Å². The molecule has 0 aliphatic carbocycles. The maximum atomic E-state index is 13.8. The molecule has 204 valence electrons. The molecule has 0 bridgehead atoms. The normalized spacial score (nSPS) is 22.4. The predicted octanol–water partition coefficient (Wildman–Crippen LogP) is 5.70. The quantitative estimate of drug-likeness (QED) is 0.361. The fourth-order valence-corrected chi connectivity index (χ4v) is 5.72. The Kier molecular flexibility index (Phi) is 10.6. The number of carboxylic acid groups (broad SMARTS) is 1. The molecule has 0 spiro atoms. The summed E-state index contributed by atoms with van der Waals surface area (Å²) in [6, 6.07) is 5.25. The molecule has 2 rings (SSSR count). The number of carbonyl (C=O) groups is 2. The van der Waals surface area contributed by atoms with Crippen LogP contribution < -0.4 is 0 Å². The molecule has 10 heteroatoms. The number of rotatable bonds is 10. The number of carbonyl (C=O) groups excluding carboxylic acids is 1. The van der Waals surface area contributed by atoms with Crippen molar-refractivity contribution in [3.63, 3.8) is 0 Å². The number of hydrogen-bond acceptors (Lipinski definition) is 5. The van der Waals surface area contributed by atoms with Gasteiger partial charge in [-0.1, -0.05) is 61.0 Å². The monoisotopic (exact) mass is 571 g/mol. The summed E-state index contributed by atoms with van der Waals surface area (Å²) in [4.78, 5) is 26.8. The zero-order chi connectivity index (χ0) is 28.1. The lowest BCUT2D eigenvalue weighted by molar-refractivity contribution is -0.178. The first-order chi connectivity index (χ1) is 17.1. The number of sulfone groups is 1. The van der Waals surface area contributed by atoms with Gasteiger partial charge in [0.25, 0.3) is 5.91 Å². The first-order valence-electron chi connectivity index (χ1n) is 12.0. The minimum Gasteiger partial charge on any atom is -0.481 e. The second kappa shape index (κ2) is 12.6. The van der Waals surface area contributed by atoms with Crippen molar-refractivity contribution in [3.05, 3.63) is 70.3 Å². The molecule has 0 aromatic heterocycles. The number of hydrogen-bond donors (Lipinski definition) is 1. The van der Waals surface area contributed by atoms with Crippen molar-refractivity contribution in [1.29, 1.82) is 0 Å². The molecule has 1 aromatic rings. The Balaban J connectivity index is 2.74. The fourth-order valence-electron chi connectivity index (χ4n) is 4.06. The smallest absolute Gasteiger partial charge is 0.306 e. The van der Waals surface area contributed by atoms with Crippen LogP contribution in [0.25, 0.3) is 0 Å². The lowest BCUT2D eigenvalue weighted by Crippen LogP contribution is -2.61. The molecule has 1 amide bonds. The molecule has 1 saturated heterocycles. The first-order valence-corrected chi connectivity index (χ1v) is 14.4. The highest BCUT2D eigenvalue weighted by atomic mass is 35.5. The number of ether oxygens (including phenoxy) is 1. The van der Waals surface area contributed by atoms with Gasteiger partial charge >= 0.3 is 5.97 Å². The van der Waals surface area contributed by atoms with E-state index in [0.29, 0.717) is 27.6 Å². The number of benzene rings is 1. The lowest BCUT2D eigenvalue weighted by atomic mass is 9.90. The van der Waals surface area contributed by atoms with Gasteiger partial charge < -0.3 is 14.7 Å². The summed E-state index contributed by atoms with van der Waals surface area (Å²) in [5.41, 5.74) is 1.05. The van der Waals surface area contributed by atoms with E-state index in [-0.39, 0.29) is 5.75 Å². The largest absolute Gasteiger partial charge is 0.481 e. The fraction of sp³-hybridized carbons (Fsp3) is 0.481. The van der Waals surface area contributed by atoms with Crippen molar-refractivity contribution in [2.24, 2.45) is 0 Å². The van der Waals surface area contributed by atoms with Crippen molar-refractivity contribution < 1.29 is 27.9 Å². The Labute approximate surface area is 229 Å². The number of nitrogens with zero attached hydrogens (tertiary/aromatic N) is 1. The van der Waals surface area contributed by atoms with Gasteiger partial charge in [-0.25, -0.2) is 8.42 Å². The predicted molar refractivity (Wildman–Crippen MR) is 147 cm³/mol. The molecule has 1 N–H and O–H groups in total. The van der Waals surface area contributed by atoms with Gasteiger partial charge in [0.1, 0.15) is 12.2 Å². The Morgan fingerprint density at radius 2 is 1.95 bits per heavy atom. The molecule has 1 aromatic carbocycles. The first kappa shape index (κ1) is 31.1. The number of morpholine rings is 1. The summed E-state index contributed by atoms with van der Waals surface area (Å²) < 4.78 is 31.5. The lowest BCUT2D eigenvalue weighted by Gasteiger charge is -2.48. The zero-order valence-electron chi connectivity index (χ0n) is 21.8. The second-order valence-corrected chi connectivity index (χ2v) is 13.6. The van der Waals surface area contributed by atoms with Crippen LogP contribution in [-0.2, 0) is 24.2 Å². The van der Waals surface area contributed by atoms with Crippen LogP contribution in [0, 0.1) is 0 Å². The third-order valence-corrected chi connectivity index (χ3v) is 9.56. The number of aliphatic carboxylic acids is 1. The van der Waals surface area contributed by atoms with E-state index in [1.54, 1.807) is 77.1 Å². The van der Waals surface area contributed by atoms with Gasteiger partial charge in [0.15, 0.2) is 9.84 Å². The van der Waals surface area contributed by atoms with Gasteiger partial charge in [-0.3, -0.25) is 9.59 Å². The summed E-state index contributed by atoms with van der Waals surface area (Å²) in [6.07, 6.45) is 2.52. The topological polar surface area (TPSA) is 101 Å². The van der Waals surface area contributed by atoms with Crippen LogP contribution in [0.4, 0.5) is 0 Å². The van der Waals surface area contributed by atoms with Crippen LogP contribution in [-0.4, -0.2) is 59.0 Å². The van der Waals surface area contributed by atoms with Gasteiger partial charge in [0.05, 0.1) is 23.0 Å². The van der Waals surface area contributed by atoms with Crippen LogP contribution in [0.3, 0.4) is 0 Å². The zero-order valence-corrected chi connectivity index (χ0v) is 24.1. The summed E-state index contributed by atoms with van der Waals surface area (Å²) in [6.45, 7) is 12.6. The maximum absolute atomic E-state index is 13.8. The van der Waals surface area contributed by atoms with E-state index in [9.17, 15) is 23.1 Å². The number of carboxylic acids is 1. The van der Waals surface area contributed by atoms with E-state index in [2.05, 4.69) is 6.58 Å². The van der Waals surface area contributed by atoms with Crippen molar-refractivity contribution in [2.75, 3.05) is 5.75 Å². The van der Waals surface area contributed by atoms with Crippen LogP contribution in [0.15, 0.2) is 59.7 Å². The molecule has 4 atom stereocenters. The van der Waals surface area contributed by atoms with Crippen molar-refractivity contribution in [1.82, 2.24) is 4.90 Å². The highest BCUT2D eigenvalue weighted by molar-refractivity contribution is 7.92. The minimum absolute atomic E-state index is 0.302. The molecule has 1 heterocycles. The van der Waals surface area contributed by atoms with E-state index < -0.39 is 57.2 Å².